The second kappa shape index (κ2) is 6.85. The van der Waals surface area contributed by atoms with E-state index >= 15 is 0 Å². The molecule has 2 rings (SSSR count). The fraction of sp³-hybridized carbons (Fsp3) is 1.00. The van der Waals surface area contributed by atoms with Crippen LogP contribution in [-0.2, 0) is 14.2 Å². The summed E-state index contributed by atoms with van der Waals surface area (Å²) in [5.74, 6) is 0. The van der Waals surface area contributed by atoms with Crippen molar-refractivity contribution in [1.82, 2.24) is 0 Å². The van der Waals surface area contributed by atoms with Crippen LogP contribution in [0.2, 0.25) is 0 Å². The quantitative estimate of drug-likeness (QED) is 0.790. The van der Waals surface area contributed by atoms with Gasteiger partial charge in [0.2, 0.25) is 0 Å². The van der Waals surface area contributed by atoms with Crippen LogP contribution in [0.5, 0.6) is 0 Å². The normalized spacial score (nSPS) is 29.3. The average Bonchev–Trinajstić information content (AvgIpc) is 2.92. The first-order chi connectivity index (χ1) is 8.77. The standard InChI is InChI=1S/C14H26O4/c1-16-14(7-10-17-11-8-14)13(15)6-2-4-12-5-3-9-18-12/h12-13,15H,2-11H2,1H3. The molecule has 4 nitrogen and oxygen atoms in total. The molecule has 2 heterocycles. The summed E-state index contributed by atoms with van der Waals surface area (Å²) in [4.78, 5) is 0. The van der Waals surface area contributed by atoms with Gasteiger partial charge in [0.25, 0.3) is 0 Å². The van der Waals surface area contributed by atoms with E-state index < -0.39 is 0 Å². The monoisotopic (exact) mass is 258 g/mol. The van der Waals surface area contributed by atoms with Crippen molar-refractivity contribution in [3.05, 3.63) is 0 Å². The minimum absolute atomic E-state index is 0.380. The second-order valence-corrected chi connectivity index (χ2v) is 5.46. The molecule has 2 unspecified atom stereocenters. The van der Waals surface area contributed by atoms with Gasteiger partial charge in [-0.05, 0) is 32.1 Å². The SMILES string of the molecule is COC1(C(O)CCCC2CCCO2)CCOCC1. The Morgan fingerprint density at radius 3 is 2.72 bits per heavy atom. The molecule has 0 saturated carbocycles. The summed E-state index contributed by atoms with van der Waals surface area (Å²) in [5.41, 5.74) is -0.380. The molecule has 18 heavy (non-hydrogen) atoms. The number of aliphatic hydroxyl groups excluding tert-OH is 1. The van der Waals surface area contributed by atoms with Crippen LogP contribution in [0.3, 0.4) is 0 Å². The topological polar surface area (TPSA) is 47.9 Å². The molecule has 2 atom stereocenters. The van der Waals surface area contributed by atoms with E-state index in [4.69, 9.17) is 14.2 Å². The van der Waals surface area contributed by atoms with E-state index in [2.05, 4.69) is 0 Å². The van der Waals surface area contributed by atoms with Gasteiger partial charge in [-0.15, -0.1) is 0 Å². The molecule has 0 aromatic heterocycles. The summed E-state index contributed by atoms with van der Waals surface area (Å²) in [6.45, 7) is 2.29. The first kappa shape index (κ1) is 14.3. The van der Waals surface area contributed by atoms with Gasteiger partial charge in [-0.1, -0.05) is 0 Å². The molecular formula is C14H26O4. The minimum Gasteiger partial charge on any atom is -0.390 e. The third-order valence-corrected chi connectivity index (χ3v) is 4.38. The number of methoxy groups -OCH3 is 1. The maximum atomic E-state index is 10.4. The van der Waals surface area contributed by atoms with Gasteiger partial charge in [-0.3, -0.25) is 0 Å². The fourth-order valence-corrected chi connectivity index (χ4v) is 3.06. The predicted molar refractivity (Wildman–Crippen MR) is 68.6 cm³/mol. The van der Waals surface area contributed by atoms with Crippen LogP contribution in [0.15, 0.2) is 0 Å². The largest absolute Gasteiger partial charge is 0.390 e. The lowest BCUT2D eigenvalue weighted by molar-refractivity contribution is -0.154. The van der Waals surface area contributed by atoms with Crippen molar-refractivity contribution >= 4 is 0 Å². The molecule has 0 bridgehead atoms. The van der Waals surface area contributed by atoms with Crippen molar-refractivity contribution in [2.24, 2.45) is 0 Å². The third kappa shape index (κ3) is 3.44. The van der Waals surface area contributed by atoms with E-state index in [0.717, 1.165) is 38.7 Å². The Hall–Kier alpha value is -0.160. The predicted octanol–water partition coefficient (Wildman–Crippen LogP) is 1.89. The maximum Gasteiger partial charge on any atom is 0.0980 e. The molecular weight excluding hydrogens is 232 g/mol. The zero-order chi connectivity index (χ0) is 12.8. The van der Waals surface area contributed by atoms with Gasteiger partial charge in [0.05, 0.1) is 17.8 Å². The lowest BCUT2D eigenvalue weighted by atomic mass is 9.85. The molecule has 0 aromatic rings. The van der Waals surface area contributed by atoms with Crippen LogP contribution < -0.4 is 0 Å². The fourth-order valence-electron chi connectivity index (χ4n) is 3.06. The smallest absolute Gasteiger partial charge is 0.0980 e. The van der Waals surface area contributed by atoms with Gasteiger partial charge in [0.15, 0.2) is 0 Å². The minimum atomic E-state index is -0.382. The molecule has 1 N–H and O–H groups in total. The maximum absolute atomic E-state index is 10.4. The molecule has 0 aliphatic carbocycles. The molecule has 2 saturated heterocycles. The van der Waals surface area contributed by atoms with Crippen molar-refractivity contribution in [1.29, 1.82) is 0 Å². The molecule has 2 aliphatic rings. The van der Waals surface area contributed by atoms with Crippen molar-refractivity contribution in [3.8, 4) is 0 Å². The molecule has 4 heteroatoms. The molecule has 106 valence electrons. The number of rotatable bonds is 6. The van der Waals surface area contributed by atoms with E-state index in [1.54, 1.807) is 7.11 Å². The van der Waals surface area contributed by atoms with Crippen LogP contribution in [0, 0.1) is 0 Å². The highest BCUT2D eigenvalue weighted by atomic mass is 16.5. The first-order valence-corrected chi connectivity index (χ1v) is 7.19. The van der Waals surface area contributed by atoms with Crippen LogP contribution in [0.25, 0.3) is 0 Å². The van der Waals surface area contributed by atoms with Gasteiger partial charge in [0, 0.05) is 39.8 Å². The van der Waals surface area contributed by atoms with Gasteiger partial charge in [-0.25, -0.2) is 0 Å². The van der Waals surface area contributed by atoms with Gasteiger partial charge < -0.3 is 19.3 Å². The summed E-state index contributed by atoms with van der Waals surface area (Å²) in [5, 5.41) is 10.4. The van der Waals surface area contributed by atoms with Crippen LogP contribution in [0.1, 0.15) is 44.9 Å². The van der Waals surface area contributed by atoms with E-state index in [-0.39, 0.29) is 11.7 Å². The summed E-state index contributed by atoms with van der Waals surface area (Å²) < 4.78 is 16.6. The van der Waals surface area contributed by atoms with Gasteiger partial charge in [0.1, 0.15) is 0 Å². The zero-order valence-corrected chi connectivity index (χ0v) is 11.4. The van der Waals surface area contributed by atoms with E-state index in [1.807, 2.05) is 0 Å². The van der Waals surface area contributed by atoms with Crippen LogP contribution >= 0.6 is 0 Å². The summed E-state index contributed by atoms with van der Waals surface area (Å²) in [7, 11) is 1.70. The van der Waals surface area contributed by atoms with Crippen molar-refractivity contribution in [3.63, 3.8) is 0 Å². The van der Waals surface area contributed by atoms with Crippen LogP contribution in [-0.4, -0.2) is 49.8 Å². The summed E-state index contributed by atoms with van der Waals surface area (Å²) in [6.07, 6.45) is 6.87. The molecule has 0 amide bonds. The van der Waals surface area contributed by atoms with Gasteiger partial charge in [-0.2, -0.15) is 0 Å². The van der Waals surface area contributed by atoms with E-state index in [1.165, 1.54) is 12.8 Å². The zero-order valence-electron chi connectivity index (χ0n) is 11.4. The third-order valence-electron chi connectivity index (χ3n) is 4.38. The summed E-state index contributed by atoms with van der Waals surface area (Å²) >= 11 is 0. The Kier molecular flexibility index (Phi) is 5.42. The molecule has 0 aromatic carbocycles. The number of ether oxygens (including phenoxy) is 3. The molecule has 0 radical (unpaired) electrons. The Morgan fingerprint density at radius 1 is 1.33 bits per heavy atom. The first-order valence-electron chi connectivity index (χ1n) is 7.19. The van der Waals surface area contributed by atoms with E-state index in [0.29, 0.717) is 19.3 Å². The van der Waals surface area contributed by atoms with Crippen molar-refractivity contribution in [2.75, 3.05) is 26.9 Å². The van der Waals surface area contributed by atoms with Crippen LogP contribution in [0.4, 0.5) is 0 Å². The highest BCUT2D eigenvalue weighted by molar-refractivity contribution is 4.90. The number of aliphatic hydroxyl groups is 1. The molecule has 0 spiro atoms. The number of hydrogen-bond acceptors (Lipinski definition) is 4. The lowest BCUT2D eigenvalue weighted by Crippen LogP contribution is -2.48. The van der Waals surface area contributed by atoms with Gasteiger partial charge >= 0.3 is 0 Å². The van der Waals surface area contributed by atoms with Crippen molar-refractivity contribution in [2.45, 2.75) is 62.8 Å². The lowest BCUT2D eigenvalue weighted by Gasteiger charge is -2.39. The highest BCUT2D eigenvalue weighted by Crippen LogP contribution is 2.31. The Balaban J connectivity index is 1.72. The Morgan fingerprint density at radius 2 is 2.11 bits per heavy atom. The Bertz CT molecular complexity index is 232. The molecule has 2 fully saturated rings. The summed E-state index contributed by atoms with van der Waals surface area (Å²) in [6, 6.07) is 0. The van der Waals surface area contributed by atoms with E-state index in [9.17, 15) is 5.11 Å². The molecule has 2 aliphatic heterocycles. The van der Waals surface area contributed by atoms with Crippen molar-refractivity contribution < 1.29 is 19.3 Å². The average molecular weight is 258 g/mol. The number of hydrogen-bond donors (Lipinski definition) is 1. The highest BCUT2D eigenvalue weighted by Gasteiger charge is 2.39. The second-order valence-electron chi connectivity index (χ2n) is 5.46. The Labute approximate surface area is 110 Å².